The molecule has 0 bridgehead atoms. The molecule has 0 aliphatic rings. The quantitative estimate of drug-likeness (QED) is 0.315. The van der Waals surface area contributed by atoms with Gasteiger partial charge < -0.3 is 5.21 Å². The number of thioether (sulfide) groups is 1. The third-order valence-corrected chi connectivity index (χ3v) is 5.15. The summed E-state index contributed by atoms with van der Waals surface area (Å²) < 4.78 is 2.25. The van der Waals surface area contributed by atoms with Gasteiger partial charge in [0.1, 0.15) is 0 Å². The van der Waals surface area contributed by atoms with Gasteiger partial charge in [-0.3, -0.25) is 0 Å². The summed E-state index contributed by atoms with van der Waals surface area (Å²) in [6.07, 6.45) is 3.39. The van der Waals surface area contributed by atoms with Crippen molar-refractivity contribution in [2.75, 3.05) is 6.26 Å². The highest BCUT2D eigenvalue weighted by Gasteiger charge is 2.25. The largest absolute Gasteiger partial charge is 0.711 e. The van der Waals surface area contributed by atoms with Gasteiger partial charge >= 0.3 is 5.56 Å². The van der Waals surface area contributed by atoms with Crippen LogP contribution in [-0.4, -0.2) is 10.8 Å². The molecule has 0 spiro atoms. The van der Waals surface area contributed by atoms with Gasteiger partial charge in [-0.25, -0.2) is 9.52 Å². The van der Waals surface area contributed by atoms with Crippen molar-refractivity contribution in [3.8, 4) is 17.1 Å². The Hall–Kier alpha value is -3.05. The van der Waals surface area contributed by atoms with E-state index in [9.17, 15) is 10.0 Å². The first-order chi connectivity index (χ1) is 12.7. The van der Waals surface area contributed by atoms with E-state index in [0.29, 0.717) is 5.39 Å². The summed E-state index contributed by atoms with van der Waals surface area (Å²) in [7, 11) is 0. The maximum atomic E-state index is 13.3. The summed E-state index contributed by atoms with van der Waals surface area (Å²) in [6, 6.07) is 22.3. The highest BCUT2D eigenvalue weighted by atomic mass is 32.2. The Morgan fingerprint density at radius 3 is 2.23 bits per heavy atom. The number of hydrogen-bond donors (Lipinski definition) is 0. The molecule has 0 radical (unpaired) electrons. The van der Waals surface area contributed by atoms with Crippen molar-refractivity contribution in [3.63, 3.8) is 0 Å². The second-order valence-electron chi connectivity index (χ2n) is 5.82. The molecule has 0 amide bonds. The first-order valence-corrected chi connectivity index (χ1v) is 9.40. The lowest BCUT2D eigenvalue weighted by Gasteiger charge is -2.16. The highest BCUT2D eigenvalue weighted by molar-refractivity contribution is 7.99. The van der Waals surface area contributed by atoms with Crippen molar-refractivity contribution in [3.05, 3.63) is 94.6 Å². The van der Waals surface area contributed by atoms with Crippen LogP contribution in [-0.2, 0) is 0 Å². The minimum absolute atomic E-state index is 0.201. The van der Waals surface area contributed by atoms with E-state index in [1.807, 2.05) is 54.8 Å². The van der Waals surface area contributed by atoms with E-state index in [-0.39, 0.29) is 11.4 Å². The molecule has 0 fully saturated rings. The summed E-state index contributed by atoms with van der Waals surface area (Å²) in [4.78, 5) is 14.3. The predicted molar refractivity (Wildman–Crippen MR) is 106 cm³/mol. The second-order valence-corrected chi connectivity index (χ2v) is 6.64. The average molecular weight is 360 g/mol. The van der Waals surface area contributed by atoms with Crippen molar-refractivity contribution in [2.24, 2.45) is 0 Å². The van der Waals surface area contributed by atoms with Gasteiger partial charge in [0.2, 0.25) is 0 Å². The molecule has 0 N–H and O–H groups in total. The molecular weight excluding hydrogens is 344 g/mol. The van der Waals surface area contributed by atoms with Crippen LogP contribution in [0.15, 0.2) is 88.7 Å². The fourth-order valence-electron chi connectivity index (χ4n) is 3.19. The van der Waals surface area contributed by atoms with E-state index in [1.165, 1.54) is 10.8 Å². The molecule has 5 heteroatoms. The first-order valence-electron chi connectivity index (χ1n) is 8.18. The van der Waals surface area contributed by atoms with E-state index in [0.717, 1.165) is 26.3 Å². The molecule has 2 aromatic carbocycles. The maximum absolute atomic E-state index is 13.3. The van der Waals surface area contributed by atoms with Crippen LogP contribution in [0.1, 0.15) is 0 Å². The molecule has 0 unspecified atom stereocenters. The van der Waals surface area contributed by atoms with Gasteiger partial charge in [0.15, 0.2) is 5.69 Å². The average Bonchev–Trinajstić information content (AvgIpc) is 2.69. The summed E-state index contributed by atoms with van der Waals surface area (Å²) in [5.74, 6) is 0.289. The zero-order valence-corrected chi connectivity index (χ0v) is 14.9. The van der Waals surface area contributed by atoms with E-state index in [2.05, 4.69) is 0 Å². The topological polar surface area (TPSA) is 48.9 Å². The minimum atomic E-state index is -0.201. The Labute approximate surface area is 154 Å². The molecule has 4 rings (SSSR count). The highest BCUT2D eigenvalue weighted by Crippen LogP contribution is 2.35. The number of pyridine rings is 2. The van der Waals surface area contributed by atoms with Crippen molar-refractivity contribution in [1.29, 1.82) is 0 Å². The molecular formula is C21H16N2O2S. The van der Waals surface area contributed by atoms with Crippen LogP contribution in [0, 0.1) is 5.21 Å². The molecule has 0 aliphatic carbocycles. The van der Waals surface area contributed by atoms with Crippen molar-refractivity contribution < 1.29 is 4.73 Å². The van der Waals surface area contributed by atoms with E-state index in [4.69, 9.17) is 0 Å². The Bertz CT molecular complexity index is 1150. The normalized spacial score (nSPS) is 11.0. The number of aromatic nitrogens is 2. The summed E-state index contributed by atoms with van der Waals surface area (Å²) in [5.41, 5.74) is 1.43. The van der Waals surface area contributed by atoms with Crippen LogP contribution in [0.3, 0.4) is 0 Å². The van der Waals surface area contributed by atoms with Crippen LogP contribution in [0.5, 0.6) is 0 Å². The molecule has 4 nitrogen and oxygen atoms in total. The van der Waals surface area contributed by atoms with Crippen LogP contribution >= 0.6 is 11.8 Å². The van der Waals surface area contributed by atoms with Gasteiger partial charge in [0, 0.05) is 17.0 Å². The number of hydrogen-bond acceptors (Lipinski definition) is 3. The fourth-order valence-corrected chi connectivity index (χ4v) is 3.99. The van der Waals surface area contributed by atoms with Gasteiger partial charge in [-0.1, -0.05) is 54.6 Å². The molecule has 2 aromatic heterocycles. The zero-order chi connectivity index (χ0) is 18.1. The lowest BCUT2D eigenvalue weighted by molar-refractivity contribution is -0.599. The summed E-state index contributed by atoms with van der Waals surface area (Å²) >= 11 is 1.57. The smallest absolute Gasteiger partial charge is 0.347 e. The molecule has 0 atom stereocenters. The van der Waals surface area contributed by atoms with Gasteiger partial charge in [-0.15, -0.1) is 11.8 Å². The van der Waals surface area contributed by atoms with Gasteiger partial charge in [-0.05, 0) is 18.4 Å². The Morgan fingerprint density at radius 1 is 0.885 bits per heavy atom. The van der Waals surface area contributed by atoms with E-state index >= 15 is 0 Å². The van der Waals surface area contributed by atoms with Crippen LogP contribution < -0.4 is 10.3 Å². The molecule has 0 saturated heterocycles. The van der Waals surface area contributed by atoms with Gasteiger partial charge in [-0.2, -0.15) is 4.57 Å². The number of benzene rings is 2. The number of nitrogens with zero attached hydrogens (tertiary/aromatic N) is 2. The predicted octanol–water partition coefficient (Wildman–Crippen LogP) is 4.01. The summed E-state index contributed by atoms with van der Waals surface area (Å²) in [6.45, 7) is 0. The Balaban J connectivity index is 2.25. The van der Waals surface area contributed by atoms with E-state index < -0.39 is 0 Å². The first kappa shape index (κ1) is 16.4. The standard InChI is InChI=1S/C21H16N2O2S/c1-26-20-16-11-5-6-12-17(16)21(24)23(18-13-7-8-14-22(18)25)19(20)15-9-3-2-4-10-15/h2-14H,1H3. The molecule has 128 valence electrons. The zero-order valence-electron chi connectivity index (χ0n) is 14.1. The lowest BCUT2D eigenvalue weighted by atomic mass is 10.1. The second kappa shape index (κ2) is 6.69. The number of rotatable bonds is 3. The van der Waals surface area contributed by atoms with Gasteiger partial charge in [0.25, 0.3) is 5.82 Å². The number of fused-ring (bicyclic) bond motifs is 1. The lowest BCUT2D eigenvalue weighted by Crippen LogP contribution is -2.36. The van der Waals surface area contributed by atoms with Crippen LogP contribution in [0.4, 0.5) is 0 Å². The van der Waals surface area contributed by atoms with Crippen LogP contribution in [0.2, 0.25) is 0 Å². The summed E-state index contributed by atoms with van der Waals surface area (Å²) in [5, 5.41) is 13.9. The minimum Gasteiger partial charge on any atom is -0.711 e. The monoisotopic (exact) mass is 360 g/mol. The molecule has 4 aromatic rings. The Morgan fingerprint density at radius 2 is 1.54 bits per heavy atom. The van der Waals surface area contributed by atoms with E-state index in [1.54, 1.807) is 36.0 Å². The SMILES string of the molecule is CSc1c(-c2ccccc2)n(-c2cccc[n+]2[O-])c(=O)c2ccccc12. The molecule has 26 heavy (non-hydrogen) atoms. The van der Waals surface area contributed by atoms with Gasteiger partial charge in [0.05, 0.1) is 16.5 Å². The molecule has 2 heterocycles. The van der Waals surface area contributed by atoms with Crippen molar-refractivity contribution in [1.82, 2.24) is 4.57 Å². The third-order valence-electron chi connectivity index (χ3n) is 4.33. The van der Waals surface area contributed by atoms with Crippen molar-refractivity contribution >= 4 is 22.5 Å². The fraction of sp³-hybridized carbons (Fsp3) is 0.0476. The third kappa shape index (κ3) is 2.57. The molecule has 0 aliphatic heterocycles. The maximum Gasteiger partial charge on any atom is 0.347 e. The Kier molecular flexibility index (Phi) is 4.22. The van der Waals surface area contributed by atoms with Crippen LogP contribution in [0.25, 0.3) is 27.8 Å². The molecule has 0 saturated carbocycles. The van der Waals surface area contributed by atoms with Crippen molar-refractivity contribution in [2.45, 2.75) is 4.90 Å².